The van der Waals surface area contributed by atoms with E-state index in [-0.39, 0.29) is 45.9 Å². The van der Waals surface area contributed by atoms with Gasteiger partial charge < -0.3 is 35.4 Å². The molecule has 10 nitrogen and oxygen atoms in total. The van der Waals surface area contributed by atoms with E-state index in [1.54, 1.807) is 0 Å². The number of hydrogen-bond donors (Lipinski definition) is 6. The highest BCUT2D eigenvalue weighted by Gasteiger charge is 2.39. The lowest BCUT2D eigenvalue weighted by Gasteiger charge is -2.35. The predicted octanol–water partition coefficient (Wildman–Crippen LogP) is 2.78. The first kappa shape index (κ1) is 23.1. The molecule has 0 aliphatic carbocycles. The zero-order valence-corrected chi connectivity index (χ0v) is 18.4. The van der Waals surface area contributed by atoms with Crippen molar-refractivity contribution in [3.05, 3.63) is 64.7 Å². The normalized spacial score (nSPS) is 17.6. The number of fused-ring (bicyclic) bond motifs is 1. The van der Waals surface area contributed by atoms with Crippen LogP contribution in [0, 0.1) is 0 Å². The SMILES string of the molecule is CS(=O)(=O)c1ccc(C(=O)O)c(C2Cc3c(O)cc(O)cc3O[C@@H]2c2ccc(O)c(O)c2)c1O. The molecule has 0 saturated carbocycles. The number of phenolic OH excluding ortho intramolecular Hbond substituents is 5. The summed E-state index contributed by atoms with van der Waals surface area (Å²) in [6, 6.07) is 8.13. The minimum atomic E-state index is -3.95. The van der Waals surface area contributed by atoms with Gasteiger partial charge in [0.1, 0.15) is 34.0 Å². The first-order valence-electron chi connectivity index (χ1n) is 9.91. The van der Waals surface area contributed by atoms with Gasteiger partial charge in [-0.15, -0.1) is 0 Å². The van der Waals surface area contributed by atoms with Gasteiger partial charge >= 0.3 is 5.97 Å². The van der Waals surface area contributed by atoms with E-state index < -0.39 is 50.0 Å². The molecule has 0 radical (unpaired) electrons. The molecule has 3 aromatic rings. The van der Waals surface area contributed by atoms with Crippen molar-refractivity contribution in [2.45, 2.75) is 23.3 Å². The summed E-state index contributed by atoms with van der Waals surface area (Å²) in [4.78, 5) is 11.5. The van der Waals surface area contributed by atoms with Gasteiger partial charge in [-0.25, -0.2) is 13.2 Å². The smallest absolute Gasteiger partial charge is 0.336 e. The first-order valence-corrected chi connectivity index (χ1v) is 11.8. The number of aromatic hydroxyl groups is 5. The van der Waals surface area contributed by atoms with E-state index in [9.17, 15) is 43.9 Å². The largest absolute Gasteiger partial charge is 0.508 e. The quantitative estimate of drug-likeness (QED) is 0.299. The second-order valence-corrected chi connectivity index (χ2v) is 9.97. The van der Waals surface area contributed by atoms with Gasteiger partial charge in [0, 0.05) is 35.4 Å². The van der Waals surface area contributed by atoms with Gasteiger partial charge in [-0.2, -0.15) is 0 Å². The Morgan fingerprint density at radius 1 is 0.941 bits per heavy atom. The maximum absolute atomic E-state index is 12.2. The molecule has 1 unspecified atom stereocenters. The fourth-order valence-electron chi connectivity index (χ4n) is 4.19. The van der Waals surface area contributed by atoms with Crippen LogP contribution in [0.1, 0.15) is 39.1 Å². The number of ether oxygens (including phenoxy) is 1. The van der Waals surface area contributed by atoms with Crippen LogP contribution in [-0.4, -0.2) is 51.3 Å². The van der Waals surface area contributed by atoms with Crippen LogP contribution >= 0.6 is 0 Å². The molecule has 1 heterocycles. The first-order chi connectivity index (χ1) is 15.9. The fourth-order valence-corrected chi connectivity index (χ4v) is 4.97. The van der Waals surface area contributed by atoms with Crippen LogP contribution in [0.4, 0.5) is 0 Å². The van der Waals surface area contributed by atoms with Gasteiger partial charge in [0.05, 0.1) is 5.56 Å². The maximum atomic E-state index is 12.2. The number of aromatic carboxylic acids is 1. The van der Waals surface area contributed by atoms with Crippen molar-refractivity contribution in [1.29, 1.82) is 0 Å². The second kappa shape index (κ2) is 8.03. The Kier molecular flexibility index (Phi) is 5.44. The molecule has 0 spiro atoms. The Hall–Kier alpha value is -4.12. The molecular formula is C23H20O10S. The van der Waals surface area contributed by atoms with Crippen molar-refractivity contribution in [3.63, 3.8) is 0 Å². The lowest BCUT2D eigenvalue weighted by atomic mass is 9.79. The van der Waals surface area contributed by atoms with Crippen LogP contribution in [0.15, 0.2) is 47.4 Å². The molecule has 3 aromatic carbocycles. The molecule has 178 valence electrons. The zero-order chi connectivity index (χ0) is 24.9. The molecular weight excluding hydrogens is 468 g/mol. The summed E-state index contributed by atoms with van der Waals surface area (Å²) in [6.45, 7) is 0. The van der Waals surface area contributed by atoms with Crippen molar-refractivity contribution < 1.29 is 48.6 Å². The van der Waals surface area contributed by atoms with Gasteiger partial charge in [0.2, 0.25) is 0 Å². The third kappa shape index (κ3) is 3.90. The lowest BCUT2D eigenvalue weighted by Crippen LogP contribution is -2.26. The van der Waals surface area contributed by atoms with Crippen LogP contribution in [0.5, 0.6) is 34.5 Å². The maximum Gasteiger partial charge on any atom is 0.336 e. The topological polar surface area (TPSA) is 182 Å². The molecule has 2 atom stereocenters. The van der Waals surface area contributed by atoms with Crippen LogP contribution in [0.3, 0.4) is 0 Å². The molecule has 0 fully saturated rings. The fraction of sp³-hybridized carbons (Fsp3) is 0.174. The summed E-state index contributed by atoms with van der Waals surface area (Å²) in [7, 11) is -3.95. The number of carboxylic acid groups (broad SMARTS) is 1. The highest BCUT2D eigenvalue weighted by Crippen LogP contribution is 2.51. The van der Waals surface area contributed by atoms with Crippen molar-refractivity contribution in [2.75, 3.05) is 6.26 Å². The van der Waals surface area contributed by atoms with Gasteiger partial charge in [0.25, 0.3) is 0 Å². The zero-order valence-electron chi connectivity index (χ0n) is 17.6. The number of benzene rings is 3. The lowest BCUT2D eigenvalue weighted by molar-refractivity contribution is 0.0691. The number of sulfone groups is 1. The van der Waals surface area contributed by atoms with Crippen LogP contribution in [0.25, 0.3) is 0 Å². The average molecular weight is 488 g/mol. The molecule has 34 heavy (non-hydrogen) atoms. The number of hydrogen-bond acceptors (Lipinski definition) is 9. The van der Waals surface area contributed by atoms with E-state index in [2.05, 4.69) is 0 Å². The van der Waals surface area contributed by atoms with Crippen LogP contribution < -0.4 is 4.74 Å². The third-order valence-corrected chi connectivity index (χ3v) is 6.85. The molecule has 4 rings (SSSR count). The standard InChI is InChI=1S/C23H20O10S/c1-34(31,32)19-5-3-12(23(29)30)20(21(19)28)14-9-13-16(26)7-11(24)8-18(13)33-22(14)10-2-4-15(25)17(27)6-10/h2-8,14,22,24-28H,9H2,1H3,(H,29,30)/t14?,22-/m1/s1. The van der Waals surface area contributed by atoms with E-state index in [4.69, 9.17) is 4.74 Å². The van der Waals surface area contributed by atoms with E-state index in [1.165, 1.54) is 24.3 Å². The van der Waals surface area contributed by atoms with Crippen molar-refractivity contribution in [2.24, 2.45) is 0 Å². The minimum Gasteiger partial charge on any atom is -0.508 e. The van der Waals surface area contributed by atoms with E-state index in [0.717, 1.165) is 24.5 Å². The van der Waals surface area contributed by atoms with E-state index in [0.29, 0.717) is 0 Å². The molecule has 6 N–H and O–H groups in total. The molecule has 0 aromatic heterocycles. The van der Waals surface area contributed by atoms with E-state index >= 15 is 0 Å². The van der Waals surface area contributed by atoms with E-state index in [1.807, 2.05) is 0 Å². The number of carboxylic acids is 1. The van der Waals surface area contributed by atoms with Gasteiger partial charge in [-0.3, -0.25) is 0 Å². The third-order valence-electron chi connectivity index (χ3n) is 5.72. The predicted molar refractivity (Wildman–Crippen MR) is 118 cm³/mol. The van der Waals surface area contributed by atoms with Gasteiger partial charge in [-0.05, 0) is 36.2 Å². The summed E-state index contributed by atoms with van der Waals surface area (Å²) >= 11 is 0. The highest BCUT2D eigenvalue weighted by molar-refractivity contribution is 7.90. The van der Waals surface area contributed by atoms with Crippen LogP contribution in [-0.2, 0) is 16.3 Å². The highest BCUT2D eigenvalue weighted by atomic mass is 32.2. The number of carbonyl (C=O) groups is 1. The van der Waals surface area contributed by atoms with Crippen molar-refractivity contribution >= 4 is 15.8 Å². The Morgan fingerprint density at radius 3 is 2.26 bits per heavy atom. The molecule has 0 bridgehead atoms. The van der Waals surface area contributed by atoms with Crippen molar-refractivity contribution in [1.82, 2.24) is 0 Å². The van der Waals surface area contributed by atoms with Crippen LogP contribution in [0.2, 0.25) is 0 Å². The monoisotopic (exact) mass is 488 g/mol. The Morgan fingerprint density at radius 2 is 1.65 bits per heavy atom. The molecule has 1 aliphatic heterocycles. The van der Waals surface area contributed by atoms with Gasteiger partial charge in [-0.1, -0.05) is 6.07 Å². The second-order valence-electron chi connectivity index (χ2n) is 7.99. The van der Waals surface area contributed by atoms with Crippen molar-refractivity contribution in [3.8, 4) is 34.5 Å². The molecule has 1 aliphatic rings. The van der Waals surface area contributed by atoms with Gasteiger partial charge in [0.15, 0.2) is 21.3 Å². The Labute approximate surface area is 193 Å². The molecule has 11 heteroatoms. The minimum absolute atomic E-state index is 0.0712. The summed E-state index contributed by atoms with van der Waals surface area (Å²) in [5, 5.41) is 60.7. The average Bonchev–Trinajstić information content (AvgIpc) is 2.73. The summed E-state index contributed by atoms with van der Waals surface area (Å²) in [5.74, 6) is -4.74. The number of rotatable bonds is 4. The summed E-state index contributed by atoms with van der Waals surface area (Å²) in [6.07, 6.45) is -0.364. The Bertz CT molecular complexity index is 1430. The summed E-state index contributed by atoms with van der Waals surface area (Å²) in [5.41, 5.74) is -0.170. The number of phenols is 5. The molecule has 0 saturated heterocycles. The molecule has 0 amide bonds. The Balaban J connectivity index is 2.02. The summed E-state index contributed by atoms with van der Waals surface area (Å²) < 4.78 is 30.4.